The van der Waals surface area contributed by atoms with E-state index >= 15 is 0 Å². The van der Waals surface area contributed by atoms with E-state index in [1.807, 2.05) is 0 Å². The summed E-state index contributed by atoms with van der Waals surface area (Å²) in [4.78, 5) is 25.7. The van der Waals surface area contributed by atoms with Crippen molar-refractivity contribution in [1.29, 1.82) is 5.26 Å². The van der Waals surface area contributed by atoms with E-state index in [-0.39, 0.29) is 17.2 Å². The van der Waals surface area contributed by atoms with Gasteiger partial charge >= 0.3 is 0 Å². The molecule has 2 aromatic rings. The van der Waals surface area contributed by atoms with E-state index in [4.69, 9.17) is 14.2 Å². The van der Waals surface area contributed by atoms with Gasteiger partial charge in [-0.05, 0) is 42.7 Å². The lowest BCUT2D eigenvalue weighted by Gasteiger charge is -2.33. The number of dihydropyridines is 1. The number of methoxy groups -OCH3 is 3. The largest absolute Gasteiger partial charge is 0.493 e. The first-order valence-electron chi connectivity index (χ1n) is 11.6. The normalized spacial score (nSPS) is 16.9. The zero-order valence-corrected chi connectivity index (χ0v) is 21.5. The number of rotatable bonds is 8. The summed E-state index contributed by atoms with van der Waals surface area (Å²) >= 11 is 1.13. The molecule has 2 N–H and O–H groups in total. The van der Waals surface area contributed by atoms with Gasteiger partial charge in [-0.1, -0.05) is 23.9 Å². The maximum Gasteiger partial charge on any atom is 0.234 e. The molecule has 1 amide bonds. The number of allylic oxidation sites excluding steroid dienone is 3. The van der Waals surface area contributed by atoms with Crippen molar-refractivity contribution in [3.05, 3.63) is 69.7 Å². The molecule has 0 radical (unpaired) electrons. The summed E-state index contributed by atoms with van der Waals surface area (Å²) in [6.07, 6.45) is 1.69. The Morgan fingerprint density at radius 3 is 2.49 bits per heavy atom. The van der Waals surface area contributed by atoms with Crippen LogP contribution in [0.25, 0.3) is 0 Å². The lowest BCUT2D eigenvalue weighted by atomic mass is 9.76. The van der Waals surface area contributed by atoms with Crippen molar-refractivity contribution in [2.75, 3.05) is 32.4 Å². The number of Topliss-reactive ketones (excluding diaryl/α,β-unsaturated/α-hetero) is 1. The molecule has 2 aliphatic rings. The minimum absolute atomic E-state index is 0.0402. The zero-order valence-electron chi connectivity index (χ0n) is 20.6. The fourth-order valence-electron chi connectivity index (χ4n) is 4.53. The molecule has 0 spiro atoms. The quantitative estimate of drug-likeness (QED) is 0.515. The average Bonchev–Trinajstić information content (AvgIpc) is 2.91. The minimum Gasteiger partial charge on any atom is -0.493 e. The first-order chi connectivity index (χ1) is 17.9. The lowest BCUT2D eigenvalue weighted by Crippen LogP contribution is -2.31. The van der Waals surface area contributed by atoms with Crippen LogP contribution < -0.4 is 24.8 Å². The van der Waals surface area contributed by atoms with Gasteiger partial charge in [0.25, 0.3) is 0 Å². The van der Waals surface area contributed by atoms with Gasteiger partial charge in [-0.2, -0.15) is 5.26 Å². The van der Waals surface area contributed by atoms with Gasteiger partial charge in [0.1, 0.15) is 5.82 Å². The predicted octanol–water partition coefficient (Wildman–Crippen LogP) is 4.65. The second-order valence-corrected chi connectivity index (χ2v) is 9.34. The van der Waals surface area contributed by atoms with Crippen LogP contribution in [-0.2, 0) is 9.59 Å². The van der Waals surface area contributed by atoms with E-state index < -0.39 is 17.6 Å². The number of carbonyl (C=O) groups is 2. The molecule has 0 bridgehead atoms. The standard InChI is InChI=1S/C27H26FN3O5S/c1-34-21-11-15(12-22(35-2)26(21)36-3)24-16(13-29)27(31-19-9-6-10-20(32)25(19)24)37-14-23(33)30-18-8-5-4-7-17(18)28/h4-5,7-8,11-12,24,31H,6,9-10,14H2,1-3H3,(H,30,33)/t24-/m0/s1. The van der Waals surface area contributed by atoms with Crippen molar-refractivity contribution in [2.24, 2.45) is 0 Å². The number of hydrogen-bond donors (Lipinski definition) is 2. The first kappa shape index (κ1) is 26.1. The van der Waals surface area contributed by atoms with Crippen molar-refractivity contribution < 1.29 is 28.2 Å². The Balaban J connectivity index is 1.72. The van der Waals surface area contributed by atoms with Gasteiger partial charge in [-0.25, -0.2) is 4.39 Å². The number of nitriles is 1. The molecule has 4 rings (SSSR count). The molecular weight excluding hydrogens is 497 g/mol. The number of hydrogen-bond acceptors (Lipinski definition) is 8. The highest BCUT2D eigenvalue weighted by atomic mass is 32.2. The van der Waals surface area contributed by atoms with Gasteiger partial charge < -0.3 is 24.8 Å². The number of ketones is 1. The Bertz CT molecular complexity index is 1320. The monoisotopic (exact) mass is 523 g/mol. The Labute approximate surface area is 218 Å². The van der Waals surface area contributed by atoms with Crippen LogP contribution in [0.4, 0.5) is 10.1 Å². The average molecular weight is 524 g/mol. The minimum atomic E-state index is -0.681. The van der Waals surface area contributed by atoms with Crippen molar-refractivity contribution in [2.45, 2.75) is 25.2 Å². The smallest absolute Gasteiger partial charge is 0.234 e. The highest BCUT2D eigenvalue weighted by Crippen LogP contribution is 2.48. The number of halogens is 1. The zero-order chi connectivity index (χ0) is 26.5. The third-order valence-corrected chi connectivity index (χ3v) is 7.20. The Morgan fingerprint density at radius 1 is 1.16 bits per heavy atom. The molecule has 192 valence electrons. The number of para-hydroxylation sites is 1. The van der Waals surface area contributed by atoms with E-state index in [1.54, 1.807) is 18.2 Å². The summed E-state index contributed by atoms with van der Waals surface area (Å²) in [5.74, 6) is -0.555. The van der Waals surface area contributed by atoms with Crippen LogP contribution in [0.15, 0.2) is 58.3 Å². The SMILES string of the molecule is COc1cc([C@H]2C(C#N)=C(SCC(=O)Nc3ccccc3F)NC3=C2C(=O)CCC3)cc(OC)c1OC. The maximum absolute atomic E-state index is 13.9. The Kier molecular flexibility index (Phi) is 8.04. The van der Waals surface area contributed by atoms with E-state index in [0.717, 1.165) is 17.5 Å². The summed E-state index contributed by atoms with van der Waals surface area (Å²) in [7, 11) is 4.49. The van der Waals surface area contributed by atoms with E-state index in [1.165, 1.54) is 39.5 Å². The van der Waals surface area contributed by atoms with Crippen LogP contribution in [-0.4, -0.2) is 38.8 Å². The highest BCUT2D eigenvalue weighted by Gasteiger charge is 2.38. The number of anilines is 1. The molecule has 0 saturated carbocycles. The molecule has 0 saturated heterocycles. The molecule has 1 aliphatic carbocycles. The molecule has 0 fully saturated rings. The van der Waals surface area contributed by atoms with Crippen molar-refractivity contribution >= 4 is 29.1 Å². The van der Waals surface area contributed by atoms with Crippen molar-refractivity contribution in [3.8, 4) is 23.3 Å². The van der Waals surface area contributed by atoms with E-state index in [9.17, 15) is 19.2 Å². The van der Waals surface area contributed by atoms with Gasteiger partial charge in [-0.3, -0.25) is 9.59 Å². The molecule has 1 aliphatic heterocycles. The number of thioether (sulfide) groups is 1. The van der Waals surface area contributed by atoms with Crippen LogP contribution in [0.2, 0.25) is 0 Å². The van der Waals surface area contributed by atoms with Gasteiger partial charge in [-0.15, -0.1) is 0 Å². The molecule has 37 heavy (non-hydrogen) atoms. The Morgan fingerprint density at radius 2 is 1.86 bits per heavy atom. The van der Waals surface area contributed by atoms with Crippen LogP contribution in [0.3, 0.4) is 0 Å². The topological polar surface area (TPSA) is 110 Å². The van der Waals surface area contributed by atoms with Gasteiger partial charge in [0.05, 0.1) is 55.4 Å². The maximum atomic E-state index is 13.9. The Hall–Kier alpha value is -3.97. The van der Waals surface area contributed by atoms with E-state index in [2.05, 4.69) is 16.7 Å². The lowest BCUT2D eigenvalue weighted by molar-refractivity contribution is -0.116. The van der Waals surface area contributed by atoms with Crippen LogP contribution in [0, 0.1) is 17.1 Å². The fourth-order valence-corrected chi connectivity index (χ4v) is 5.39. The third kappa shape index (κ3) is 5.27. The first-order valence-corrected chi connectivity index (χ1v) is 12.5. The molecule has 0 aromatic heterocycles. The summed E-state index contributed by atoms with van der Waals surface area (Å²) < 4.78 is 30.4. The number of benzene rings is 2. The van der Waals surface area contributed by atoms with Crippen LogP contribution in [0.1, 0.15) is 30.7 Å². The number of ether oxygens (including phenoxy) is 3. The van der Waals surface area contributed by atoms with Crippen LogP contribution >= 0.6 is 11.8 Å². The summed E-state index contributed by atoms with van der Waals surface area (Å²) in [6.45, 7) is 0. The predicted molar refractivity (Wildman–Crippen MR) is 138 cm³/mol. The van der Waals surface area contributed by atoms with Gasteiger partial charge in [0, 0.05) is 17.7 Å². The highest BCUT2D eigenvalue weighted by molar-refractivity contribution is 8.03. The second kappa shape index (κ2) is 11.4. The molecule has 2 aromatic carbocycles. The third-order valence-electron chi connectivity index (χ3n) is 6.18. The van der Waals surface area contributed by atoms with E-state index in [0.29, 0.717) is 58.2 Å². The summed E-state index contributed by atoms with van der Waals surface area (Å²) in [5, 5.41) is 16.5. The molecule has 10 heteroatoms. The van der Waals surface area contributed by atoms with Crippen molar-refractivity contribution in [3.63, 3.8) is 0 Å². The molecule has 1 heterocycles. The number of nitrogens with zero attached hydrogens (tertiary/aromatic N) is 1. The molecule has 8 nitrogen and oxygen atoms in total. The van der Waals surface area contributed by atoms with Gasteiger partial charge in [0.15, 0.2) is 17.3 Å². The summed E-state index contributed by atoms with van der Waals surface area (Å²) in [6, 6.07) is 11.6. The van der Waals surface area contributed by atoms with Gasteiger partial charge in [0.2, 0.25) is 11.7 Å². The summed E-state index contributed by atoms with van der Waals surface area (Å²) in [5.41, 5.74) is 2.26. The number of nitrogens with one attached hydrogen (secondary N) is 2. The second-order valence-electron chi connectivity index (χ2n) is 8.36. The van der Waals surface area contributed by atoms with Crippen molar-refractivity contribution in [1.82, 2.24) is 5.32 Å². The fraction of sp³-hybridized carbons (Fsp3) is 0.296. The number of carbonyl (C=O) groups excluding carboxylic acids is 2. The number of amides is 1. The van der Waals surface area contributed by atoms with Crippen LogP contribution in [0.5, 0.6) is 17.2 Å². The molecular formula is C27H26FN3O5S. The molecule has 0 unspecified atom stereocenters. The molecule has 1 atom stereocenters.